The fourth-order valence-corrected chi connectivity index (χ4v) is 4.02. The molecule has 0 saturated heterocycles. The minimum atomic E-state index is 0.0262. The number of anilines is 1. The zero-order valence-electron chi connectivity index (χ0n) is 16.6. The molecule has 1 aromatic carbocycles. The Kier molecular flexibility index (Phi) is 5.69. The van der Waals surface area contributed by atoms with Gasteiger partial charge in [0, 0.05) is 43.9 Å². The molecular weight excluding hydrogens is 390 g/mol. The highest BCUT2D eigenvalue weighted by Crippen LogP contribution is 2.28. The third-order valence-electron chi connectivity index (χ3n) is 5.08. The van der Waals surface area contributed by atoms with Gasteiger partial charge in [-0.2, -0.15) is 0 Å². The van der Waals surface area contributed by atoms with Crippen molar-refractivity contribution in [1.29, 1.82) is 0 Å². The first-order valence-corrected chi connectivity index (χ1v) is 10.1. The highest BCUT2D eigenvalue weighted by atomic mass is 35.5. The summed E-state index contributed by atoms with van der Waals surface area (Å²) in [6.07, 6.45) is 3.12. The van der Waals surface area contributed by atoms with Gasteiger partial charge in [-0.15, -0.1) is 0 Å². The minimum Gasteiger partial charge on any atom is -0.383 e. The van der Waals surface area contributed by atoms with Crippen LogP contribution in [0.2, 0.25) is 5.02 Å². The summed E-state index contributed by atoms with van der Waals surface area (Å²) >= 11 is 6.37. The van der Waals surface area contributed by atoms with Crippen molar-refractivity contribution in [1.82, 2.24) is 19.3 Å². The first kappa shape index (κ1) is 19.7. The molecule has 2 aromatic heterocycles. The molecule has 3 heterocycles. The number of methoxy groups -OCH3 is 1. The number of halogens is 1. The van der Waals surface area contributed by atoms with Gasteiger partial charge in [0.15, 0.2) is 0 Å². The van der Waals surface area contributed by atoms with Crippen LogP contribution in [-0.2, 0) is 24.2 Å². The van der Waals surface area contributed by atoms with E-state index in [4.69, 9.17) is 21.3 Å². The molecular formula is C21H24ClN5O2. The molecule has 0 spiro atoms. The van der Waals surface area contributed by atoms with Crippen molar-refractivity contribution < 1.29 is 4.74 Å². The molecule has 1 aliphatic heterocycles. The molecule has 3 aromatic rings. The predicted octanol–water partition coefficient (Wildman–Crippen LogP) is 3.20. The number of nitrogens with zero attached hydrogens (tertiary/aromatic N) is 4. The molecule has 7 nitrogen and oxygen atoms in total. The van der Waals surface area contributed by atoms with Crippen LogP contribution >= 0.6 is 11.6 Å². The summed E-state index contributed by atoms with van der Waals surface area (Å²) in [4.78, 5) is 22.2. The first-order chi connectivity index (χ1) is 14.1. The topological polar surface area (TPSA) is 74.0 Å². The van der Waals surface area contributed by atoms with E-state index in [0.29, 0.717) is 29.6 Å². The third kappa shape index (κ3) is 3.93. The van der Waals surface area contributed by atoms with Crippen molar-refractivity contribution in [3.8, 4) is 11.4 Å². The Bertz CT molecular complexity index is 1080. The van der Waals surface area contributed by atoms with Gasteiger partial charge >= 0.3 is 0 Å². The summed E-state index contributed by atoms with van der Waals surface area (Å²) in [7, 11) is 1.66. The van der Waals surface area contributed by atoms with Gasteiger partial charge in [-0.1, -0.05) is 29.8 Å². The summed E-state index contributed by atoms with van der Waals surface area (Å²) in [6, 6.07) is 9.55. The second kappa shape index (κ2) is 8.39. The number of rotatable bonds is 7. The average molecular weight is 414 g/mol. The monoisotopic (exact) mass is 413 g/mol. The van der Waals surface area contributed by atoms with Crippen LogP contribution in [0.15, 0.2) is 41.3 Å². The predicted molar refractivity (Wildman–Crippen MR) is 114 cm³/mol. The van der Waals surface area contributed by atoms with Crippen molar-refractivity contribution in [3.63, 3.8) is 0 Å². The lowest BCUT2D eigenvalue weighted by molar-refractivity contribution is 0.190. The van der Waals surface area contributed by atoms with Crippen molar-refractivity contribution in [2.45, 2.75) is 38.9 Å². The van der Waals surface area contributed by atoms with Crippen LogP contribution in [-0.4, -0.2) is 39.1 Å². The molecule has 8 heteroatoms. The maximum atomic E-state index is 13.1. The summed E-state index contributed by atoms with van der Waals surface area (Å²) < 4.78 is 9.02. The lowest BCUT2D eigenvalue weighted by atomic mass is 10.0. The number of hydrogen-bond donors (Lipinski definition) is 1. The van der Waals surface area contributed by atoms with E-state index in [-0.39, 0.29) is 11.6 Å². The molecule has 1 atom stereocenters. The van der Waals surface area contributed by atoms with Crippen molar-refractivity contribution in [2.75, 3.05) is 19.0 Å². The molecule has 152 valence electrons. The van der Waals surface area contributed by atoms with Crippen molar-refractivity contribution >= 4 is 17.5 Å². The van der Waals surface area contributed by atoms with Gasteiger partial charge in [-0.25, -0.2) is 14.6 Å². The van der Waals surface area contributed by atoms with Gasteiger partial charge in [0.1, 0.15) is 0 Å². The number of hydrogen-bond acceptors (Lipinski definition) is 5. The SMILES string of the molecule is COCC(C)Nc1nccc(-c2c(Cc3ccccc3Cl)c(=O)n3n2CCC3)n1. The molecule has 0 amide bonds. The molecule has 0 saturated carbocycles. The Balaban J connectivity index is 1.77. The van der Waals surface area contributed by atoms with Crippen LogP contribution in [0.1, 0.15) is 24.5 Å². The largest absolute Gasteiger partial charge is 0.383 e. The lowest BCUT2D eigenvalue weighted by Gasteiger charge is -2.14. The van der Waals surface area contributed by atoms with Gasteiger partial charge in [-0.3, -0.25) is 9.48 Å². The van der Waals surface area contributed by atoms with Crippen LogP contribution in [0.4, 0.5) is 5.95 Å². The summed E-state index contributed by atoms with van der Waals surface area (Å²) in [5.41, 5.74) is 3.24. The molecule has 0 aliphatic carbocycles. The smallest absolute Gasteiger partial charge is 0.270 e. The van der Waals surface area contributed by atoms with E-state index >= 15 is 0 Å². The van der Waals surface area contributed by atoms with Gasteiger partial charge in [0.05, 0.1) is 23.6 Å². The van der Waals surface area contributed by atoms with Crippen LogP contribution in [0.25, 0.3) is 11.4 Å². The summed E-state index contributed by atoms with van der Waals surface area (Å²) in [5, 5.41) is 3.90. The van der Waals surface area contributed by atoms with Gasteiger partial charge in [0.25, 0.3) is 5.56 Å². The number of ether oxygens (including phenoxy) is 1. The molecule has 0 fully saturated rings. The normalized spacial score (nSPS) is 14.0. The van der Waals surface area contributed by atoms with E-state index in [2.05, 4.69) is 10.3 Å². The third-order valence-corrected chi connectivity index (χ3v) is 5.45. The van der Waals surface area contributed by atoms with E-state index in [9.17, 15) is 4.79 Å². The van der Waals surface area contributed by atoms with Gasteiger partial charge < -0.3 is 10.1 Å². The van der Waals surface area contributed by atoms with Crippen LogP contribution in [0, 0.1) is 0 Å². The summed E-state index contributed by atoms with van der Waals surface area (Å²) in [5.74, 6) is 0.515. The van der Waals surface area contributed by atoms with Crippen LogP contribution in [0.5, 0.6) is 0 Å². The fraction of sp³-hybridized carbons (Fsp3) is 0.381. The highest BCUT2D eigenvalue weighted by molar-refractivity contribution is 6.31. The molecule has 0 bridgehead atoms. The Morgan fingerprint density at radius 3 is 2.83 bits per heavy atom. The first-order valence-electron chi connectivity index (χ1n) is 9.73. The number of benzene rings is 1. The minimum absolute atomic E-state index is 0.0262. The van der Waals surface area contributed by atoms with Crippen LogP contribution in [0.3, 0.4) is 0 Å². The second-order valence-electron chi connectivity index (χ2n) is 7.27. The molecule has 1 N–H and O–H groups in total. The van der Waals surface area contributed by atoms with E-state index < -0.39 is 0 Å². The van der Waals surface area contributed by atoms with E-state index in [1.165, 1.54) is 0 Å². The Morgan fingerprint density at radius 2 is 2.03 bits per heavy atom. The molecule has 1 unspecified atom stereocenters. The maximum Gasteiger partial charge on any atom is 0.270 e. The maximum absolute atomic E-state index is 13.1. The van der Waals surface area contributed by atoms with E-state index in [1.54, 1.807) is 13.3 Å². The molecule has 0 radical (unpaired) electrons. The molecule has 29 heavy (non-hydrogen) atoms. The zero-order chi connectivity index (χ0) is 20.4. The number of nitrogens with one attached hydrogen (secondary N) is 1. The molecule has 1 aliphatic rings. The Labute approximate surface area is 174 Å². The van der Waals surface area contributed by atoms with E-state index in [1.807, 2.05) is 46.6 Å². The van der Waals surface area contributed by atoms with Crippen molar-refractivity contribution in [3.05, 3.63) is 63.0 Å². The van der Waals surface area contributed by atoms with E-state index in [0.717, 1.165) is 36.5 Å². The quantitative estimate of drug-likeness (QED) is 0.643. The van der Waals surface area contributed by atoms with Crippen molar-refractivity contribution in [2.24, 2.45) is 0 Å². The van der Waals surface area contributed by atoms with Gasteiger partial charge in [0.2, 0.25) is 5.95 Å². The standard InChI is InChI=1S/C21H24ClN5O2/c1-14(13-29-2)24-21-23-9-8-18(25-21)19-16(12-15-6-3-4-7-17(15)22)20(28)27-11-5-10-26(19)27/h3-4,6-9,14H,5,10-13H2,1-2H3,(H,23,24,25). The highest BCUT2D eigenvalue weighted by Gasteiger charge is 2.26. The van der Waals surface area contributed by atoms with Crippen LogP contribution < -0.4 is 10.9 Å². The lowest BCUT2D eigenvalue weighted by Crippen LogP contribution is -2.22. The van der Waals surface area contributed by atoms with Gasteiger partial charge in [-0.05, 0) is 31.0 Å². The Hall–Kier alpha value is -2.64. The number of fused-ring (bicyclic) bond motifs is 1. The number of aromatic nitrogens is 4. The summed E-state index contributed by atoms with van der Waals surface area (Å²) in [6.45, 7) is 4.06. The second-order valence-corrected chi connectivity index (χ2v) is 7.67. The zero-order valence-corrected chi connectivity index (χ0v) is 17.3. The average Bonchev–Trinajstić information content (AvgIpc) is 3.27. The molecule has 4 rings (SSSR count). The Morgan fingerprint density at radius 1 is 1.24 bits per heavy atom. The fourth-order valence-electron chi connectivity index (χ4n) is 3.82.